The SMILES string of the molecule is COc1cccc(-c2nc(CN3CCN(Cc4cc(OC)ccc4OC)CC3)cs2)c1. The number of thiazole rings is 1. The van der Waals surface area contributed by atoms with Crippen LogP contribution in [0.1, 0.15) is 11.3 Å². The van der Waals surface area contributed by atoms with Gasteiger partial charge in [0.2, 0.25) is 0 Å². The Balaban J connectivity index is 1.32. The van der Waals surface area contributed by atoms with Gasteiger partial charge in [0.25, 0.3) is 0 Å². The number of methoxy groups -OCH3 is 3. The molecule has 1 aromatic heterocycles. The molecule has 4 rings (SSSR count). The molecule has 0 atom stereocenters. The molecule has 0 aliphatic carbocycles. The summed E-state index contributed by atoms with van der Waals surface area (Å²) in [5.74, 6) is 2.64. The summed E-state index contributed by atoms with van der Waals surface area (Å²) in [6, 6.07) is 14.1. The second kappa shape index (κ2) is 10.1. The van der Waals surface area contributed by atoms with Gasteiger partial charge >= 0.3 is 0 Å². The van der Waals surface area contributed by atoms with E-state index in [2.05, 4.69) is 27.3 Å². The van der Waals surface area contributed by atoms with Crippen LogP contribution in [-0.2, 0) is 13.1 Å². The summed E-state index contributed by atoms with van der Waals surface area (Å²) in [7, 11) is 5.11. The van der Waals surface area contributed by atoms with Crippen LogP contribution in [0, 0.1) is 0 Å². The fourth-order valence-corrected chi connectivity index (χ4v) is 4.66. The van der Waals surface area contributed by atoms with Gasteiger partial charge in [-0.25, -0.2) is 4.98 Å². The third-order valence-corrected chi connectivity index (χ3v) is 6.54. The van der Waals surface area contributed by atoms with Gasteiger partial charge in [-0.2, -0.15) is 0 Å². The molecular weight excluding hydrogens is 410 g/mol. The minimum absolute atomic E-state index is 0.859. The second-order valence-electron chi connectivity index (χ2n) is 7.61. The van der Waals surface area contributed by atoms with E-state index < -0.39 is 0 Å². The maximum atomic E-state index is 5.53. The summed E-state index contributed by atoms with van der Waals surface area (Å²) in [6.07, 6.45) is 0. The van der Waals surface area contributed by atoms with Crippen molar-refractivity contribution < 1.29 is 14.2 Å². The number of hydrogen-bond donors (Lipinski definition) is 0. The minimum atomic E-state index is 0.859. The lowest BCUT2D eigenvalue weighted by molar-refractivity contribution is 0.120. The fourth-order valence-electron chi connectivity index (χ4n) is 3.85. The maximum absolute atomic E-state index is 5.53. The first-order chi connectivity index (χ1) is 15.2. The predicted octanol–water partition coefficient (Wildman–Crippen LogP) is 4.15. The van der Waals surface area contributed by atoms with Gasteiger partial charge < -0.3 is 14.2 Å². The van der Waals surface area contributed by atoms with Crippen molar-refractivity contribution in [2.45, 2.75) is 13.1 Å². The number of hydrogen-bond acceptors (Lipinski definition) is 7. The molecular formula is C24H29N3O3S. The Morgan fingerprint density at radius 2 is 1.55 bits per heavy atom. The minimum Gasteiger partial charge on any atom is -0.497 e. The molecule has 1 saturated heterocycles. The molecule has 0 spiro atoms. The average molecular weight is 440 g/mol. The quantitative estimate of drug-likeness (QED) is 0.525. The summed E-state index contributed by atoms with van der Waals surface area (Å²) >= 11 is 1.69. The van der Waals surface area contributed by atoms with Crippen LogP contribution >= 0.6 is 11.3 Å². The lowest BCUT2D eigenvalue weighted by atomic mass is 10.1. The van der Waals surface area contributed by atoms with E-state index in [1.807, 2.05) is 30.3 Å². The van der Waals surface area contributed by atoms with Crippen molar-refractivity contribution in [1.29, 1.82) is 0 Å². The van der Waals surface area contributed by atoms with E-state index in [0.717, 1.165) is 78.3 Å². The Morgan fingerprint density at radius 1 is 0.839 bits per heavy atom. The van der Waals surface area contributed by atoms with E-state index in [-0.39, 0.29) is 0 Å². The molecule has 31 heavy (non-hydrogen) atoms. The summed E-state index contributed by atoms with van der Waals surface area (Å²) in [4.78, 5) is 9.80. The Kier molecular flexibility index (Phi) is 7.06. The third kappa shape index (κ3) is 5.36. The van der Waals surface area contributed by atoms with Crippen LogP contribution < -0.4 is 14.2 Å². The smallest absolute Gasteiger partial charge is 0.123 e. The number of ether oxygens (including phenoxy) is 3. The van der Waals surface area contributed by atoms with E-state index >= 15 is 0 Å². The number of piperazine rings is 1. The summed E-state index contributed by atoms with van der Waals surface area (Å²) in [5, 5.41) is 3.21. The normalized spacial score (nSPS) is 15.1. The lowest BCUT2D eigenvalue weighted by Crippen LogP contribution is -2.45. The number of rotatable bonds is 8. The van der Waals surface area contributed by atoms with Gasteiger partial charge in [-0.05, 0) is 30.3 Å². The van der Waals surface area contributed by atoms with Crippen LogP contribution in [-0.4, -0.2) is 62.3 Å². The van der Waals surface area contributed by atoms with Crippen LogP contribution in [0.15, 0.2) is 47.8 Å². The van der Waals surface area contributed by atoms with Crippen molar-refractivity contribution >= 4 is 11.3 Å². The molecule has 0 amide bonds. The van der Waals surface area contributed by atoms with E-state index in [9.17, 15) is 0 Å². The Bertz CT molecular complexity index is 999. The number of benzene rings is 2. The molecule has 1 fully saturated rings. The van der Waals surface area contributed by atoms with E-state index in [1.165, 1.54) is 0 Å². The number of aromatic nitrogens is 1. The molecule has 0 saturated carbocycles. The van der Waals surface area contributed by atoms with Gasteiger partial charge in [0.1, 0.15) is 22.3 Å². The first-order valence-electron chi connectivity index (χ1n) is 10.4. The van der Waals surface area contributed by atoms with Crippen molar-refractivity contribution in [2.24, 2.45) is 0 Å². The summed E-state index contributed by atoms with van der Waals surface area (Å²) < 4.78 is 16.2. The Morgan fingerprint density at radius 3 is 2.26 bits per heavy atom. The van der Waals surface area contributed by atoms with E-state index in [0.29, 0.717) is 0 Å². The maximum Gasteiger partial charge on any atom is 0.123 e. The van der Waals surface area contributed by atoms with Gasteiger partial charge in [-0.15, -0.1) is 11.3 Å². The molecule has 0 bridgehead atoms. The van der Waals surface area contributed by atoms with Gasteiger partial charge in [-0.3, -0.25) is 9.80 Å². The van der Waals surface area contributed by atoms with Crippen LogP contribution in [0.25, 0.3) is 10.6 Å². The van der Waals surface area contributed by atoms with Crippen LogP contribution in [0.4, 0.5) is 0 Å². The largest absolute Gasteiger partial charge is 0.497 e. The first kappa shape index (κ1) is 21.6. The van der Waals surface area contributed by atoms with E-state index in [4.69, 9.17) is 19.2 Å². The zero-order valence-corrected chi connectivity index (χ0v) is 19.2. The van der Waals surface area contributed by atoms with Crippen molar-refractivity contribution in [3.8, 4) is 27.8 Å². The topological polar surface area (TPSA) is 47.1 Å². The molecule has 3 aromatic rings. The van der Waals surface area contributed by atoms with Crippen molar-refractivity contribution in [1.82, 2.24) is 14.8 Å². The van der Waals surface area contributed by atoms with Gasteiger partial charge in [-0.1, -0.05) is 12.1 Å². The lowest BCUT2D eigenvalue weighted by Gasteiger charge is -2.34. The molecule has 2 aromatic carbocycles. The Hall–Kier alpha value is -2.61. The monoisotopic (exact) mass is 439 g/mol. The standard InChI is InChI=1S/C24H29N3O3S/c1-28-21-6-4-5-18(13-21)24-25-20(17-31-24)16-27-11-9-26(10-12-27)15-19-14-22(29-2)7-8-23(19)30-3/h4-8,13-14,17H,9-12,15-16H2,1-3H3. The highest BCUT2D eigenvalue weighted by atomic mass is 32.1. The highest BCUT2D eigenvalue weighted by Crippen LogP contribution is 2.28. The zero-order chi connectivity index (χ0) is 21.6. The van der Waals surface area contributed by atoms with Crippen LogP contribution in [0.2, 0.25) is 0 Å². The molecule has 164 valence electrons. The van der Waals surface area contributed by atoms with Crippen LogP contribution in [0.3, 0.4) is 0 Å². The molecule has 2 heterocycles. The predicted molar refractivity (Wildman–Crippen MR) is 124 cm³/mol. The third-order valence-electron chi connectivity index (χ3n) is 5.60. The van der Waals surface area contributed by atoms with E-state index in [1.54, 1.807) is 32.7 Å². The molecule has 1 aliphatic heterocycles. The molecule has 7 heteroatoms. The first-order valence-corrected chi connectivity index (χ1v) is 11.3. The molecule has 1 aliphatic rings. The molecule has 6 nitrogen and oxygen atoms in total. The van der Waals surface area contributed by atoms with Crippen molar-refractivity contribution in [3.05, 3.63) is 59.1 Å². The zero-order valence-electron chi connectivity index (χ0n) is 18.3. The molecule has 0 N–H and O–H groups in total. The van der Waals surface area contributed by atoms with Crippen LogP contribution in [0.5, 0.6) is 17.2 Å². The van der Waals surface area contributed by atoms with Gasteiger partial charge in [0.05, 0.1) is 27.0 Å². The van der Waals surface area contributed by atoms with Gasteiger partial charge in [0, 0.05) is 55.8 Å². The Labute approximate surface area is 188 Å². The molecule has 0 unspecified atom stereocenters. The fraction of sp³-hybridized carbons (Fsp3) is 0.375. The second-order valence-corrected chi connectivity index (χ2v) is 8.46. The average Bonchev–Trinajstić information content (AvgIpc) is 3.29. The van der Waals surface area contributed by atoms with Gasteiger partial charge in [0.15, 0.2) is 0 Å². The summed E-state index contributed by atoms with van der Waals surface area (Å²) in [5.41, 5.74) is 3.40. The highest BCUT2D eigenvalue weighted by Gasteiger charge is 2.19. The van der Waals surface area contributed by atoms with Crippen molar-refractivity contribution in [3.63, 3.8) is 0 Å². The number of nitrogens with zero attached hydrogens (tertiary/aromatic N) is 3. The summed E-state index contributed by atoms with van der Waals surface area (Å²) in [6.45, 7) is 5.85. The van der Waals surface area contributed by atoms with Crippen molar-refractivity contribution in [2.75, 3.05) is 47.5 Å². The molecule has 0 radical (unpaired) electrons. The highest BCUT2D eigenvalue weighted by molar-refractivity contribution is 7.13.